The highest BCUT2D eigenvalue weighted by molar-refractivity contribution is 14.1. The number of esters is 1. The molecule has 5 nitrogen and oxygen atoms in total. The van der Waals surface area contributed by atoms with Gasteiger partial charge in [0.25, 0.3) is 0 Å². The molecule has 0 aliphatic heterocycles. The van der Waals surface area contributed by atoms with Crippen LogP contribution in [0.25, 0.3) is 5.69 Å². The van der Waals surface area contributed by atoms with Gasteiger partial charge in [0.05, 0.1) is 7.11 Å². The summed E-state index contributed by atoms with van der Waals surface area (Å²) in [6.07, 6.45) is 0. The van der Waals surface area contributed by atoms with Gasteiger partial charge in [0.15, 0.2) is 5.69 Å². The quantitative estimate of drug-likeness (QED) is 0.661. The van der Waals surface area contributed by atoms with E-state index in [0.29, 0.717) is 11.6 Å². The minimum Gasteiger partial charge on any atom is -0.464 e. The predicted molar refractivity (Wildman–Crippen MR) is 76.8 cm³/mol. The lowest BCUT2D eigenvalue weighted by Crippen LogP contribution is -2.07. The van der Waals surface area contributed by atoms with Gasteiger partial charge in [-0.15, -0.1) is 0 Å². The van der Waals surface area contributed by atoms with Crippen LogP contribution in [-0.4, -0.2) is 22.6 Å². The van der Waals surface area contributed by atoms with Crippen LogP contribution in [0, 0.1) is 10.5 Å². The number of ether oxygens (including phenoxy) is 1. The van der Waals surface area contributed by atoms with Gasteiger partial charge in [-0.05, 0) is 47.7 Å². The fraction of sp³-hybridized carbons (Fsp3) is 0.167. The Morgan fingerprint density at radius 2 is 2.22 bits per heavy atom. The van der Waals surface area contributed by atoms with Crippen LogP contribution in [0.4, 0.5) is 5.82 Å². The van der Waals surface area contributed by atoms with Crippen LogP contribution < -0.4 is 5.73 Å². The summed E-state index contributed by atoms with van der Waals surface area (Å²) in [5, 5.41) is 0. The average Bonchev–Trinajstić information content (AvgIpc) is 2.64. The summed E-state index contributed by atoms with van der Waals surface area (Å²) in [4.78, 5) is 15.7. The Bertz CT molecular complexity index is 607. The topological polar surface area (TPSA) is 70.1 Å². The first kappa shape index (κ1) is 12.9. The fourth-order valence-electron chi connectivity index (χ4n) is 1.74. The molecule has 0 aliphatic carbocycles. The van der Waals surface area contributed by atoms with Gasteiger partial charge in [0.1, 0.15) is 11.6 Å². The third-order valence-electron chi connectivity index (χ3n) is 2.53. The normalized spacial score (nSPS) is 10.4. The van der Waals surface area contributed by atoms with Crippen LogP contribution in [0.15, 0.2) is 24.3 Å². The highest BCUT2D eigenvalue weighted by Gasteiger charge is 2.19. The number of aryl methyl sites for hydroxylation is 1. The number of benzene rings is 1. The molecule has 0 saturated heterocycles. The lowest BCUT2D eigenvalue weighted by Gasteiger charge is -2.07. The van der Waals surface area contributed by atoms with Crippen molar-refractivity contribution in [3.8, 4) is 5.69 Å². The third kappa shape index (κ3) is 2.20. The summed E-state index contributed by atoms with van der Waals surface area (Å²) >= 11 is 2.22. The first-order valence-corrected chi connectivity index (χ1v) is 6.31. The molecule has 0 bridgehead atoms. The Hall–Kier alpha value is -1.57. The van der Waals surface area contributed by atoms with Crippen molar-refractivity contribution in [1.82, 2.24) is 9.55 Å². The number of aromatic nitrogens is 2. The highest BCUT2D eigenvalue weighted by Crippen LogP contribution is 2.22. The maximum atomic E-state index is 11.5. The lowest BCUT2D eigenvalue weighted by atomic mass is 10.3. The van der Waals surface area contributed by atoms with Crippen molar-refractivity contribution in [3.63, 3.8) is 0 Å². The van der Waals surface area contributed by atoms with Gasteiger partial charge >= 0.3 is 5.97 Å². The summed E-state index contributed by atoms with van der Waals surface area (Å²) in [5.41, 5.74) is 6.98. The second-order valence-corrected chi connectivity index (χ2v) is 4.95. The summed E-state index contributed by atoms with van der Waals surface area (Å²) in [5.74, 6) is 0.413. The van der Waals surface area contributed by atoms with Gasteiger partial charge in [-0.25, -0.2) is 9.78 Å². The Balaban J connectivity index is 2.59. The molecule has 2 N–H and O–H groups in total. The number of nitrogens with zero attached hydrogens (tertiary/aromatic N) is 2. The molecule has 1 aromatic carbocycles. The van der Waals surface area contributed by atoms with E-state index in [9.17, 15) is 4.79 Å². The zero-order chi connectivity index (χ0) is 13.3. The molecule has 1 heterocycles. The van der Waals surface area contributed by atoms with Crippen LogP contribution in [-0.2, 0) is 4.74 Å². The van der Waals surface area contributed by atoms with E-state index in [4.69, 9.17) is 5.73 Å². The Labute approximate surface area is 118 Å². The molecule has 94 valence electrons. The van der Waals surface area contributed by atoms with E-state index < -0.39 is 5.97 Å². The Morgan fingerprint density at radius 3 is 2.83 bits per heavy atom. The maximum absolute atomic E-state index is 11.5. The molecule has 6 heteroatoms. The van der Waals surface area contributed by atoms with Gasteiger partial charge in [0, 0.05) is 9.26 Å². The second kappa shape index (κ2) is 4.97. The number of hydrogen-bond acceptors (Lipinski definition) is 4. The number of hydrogen-bond donors (Lipinski definition) is 1. The number of imidazole rings is 1. The molecule has 0 saturated carbocycles. The van der Waals surface area contributed by atoms with Crippen LogP contribution >= 0.6 is 22.6 Å². The monoisotopic (exact) mass is 357 g/mol. The Kier molecular flexibility index (Phi) is 3.55. The van der Waals surface area contributed by atoms with Gasteiger partial charge in [0.2, 0.25) is 0 Å². The van der Waals surface area contributed by atoms with Crippen molar-refractivity contribution in [3.05, 3.63) is 39.4 Å². The maximum Gasteiger partial charge on any atom is 0.360 e. The lowest BCUT2D eigenvalue weighted by molar-refractivity contribution is 0.0596. The number of rotatable bonds is 2. The summed E-state index contributed by atoms with van der Waals surface area (Å²) < 4.78 is 7.46. The first-order valence-electron chi connectivity index (χ1n) is 5.23. The molecule has 0 aliphatic rings. The van der Waals surface area contributed by atoms with Crippen molar-refractivity contribution >= 4 is 34.4 Å². The molecular weight excluding hydrogens is 345 g/mol. The second-order valence-electron chi connectivity index (χ2n) is 3.70. The van der Waals surface area contributed by atoms with E-state index >= 15 is 0 Å². The smallest absolute Gasteiger partial charge is 0.360 e. The minimum absolute atomic E-state index is 0.147. The number of carbonyl (C=O) groups excluding carboxylic acids is 1. The zero-order valence-corrected chi connectivity index (χ0v) is 12.1. The SMILES string of the molecule is COC(=O)c1nc(C)n(-c2cccc(I)c2)c1N. The van der Waals surface area contributed by atoms with E-state index in [1.54, 1.807) is 11.5 Å². The minimum atomic E-state index is -0.528. The number of methoxy groups -OCH3 is 1. The fourth-order valence-corrected chi connectivity index (χ4v) is 2.26. The number of nitrogens with two attached hydrogens (primary N) is 1. The standard InChI is InChI=1S/C12H12IN3O2/c1-7-15-10(12(17)18-2)11(14)16(7)9-5-3-4-8(13)6-9/h3-6H,14H2,1-2H3. The van der Waals surface area contributed by atoms with Crippen molar-refractivity contribution in [2.24, 2.45) is 0 Å². The molecule has 0 unspecified atom stereocenters. The first-order chi connectivity index (χ1) is 8.54. The summed E-state index contributed by atoms with van der Waals surface area (Å²) in [7, 11) is 1.31. The molecule has 0 fully saturated rings. The van der Waals surface area contributed by atoms with Crippen LogP contribution in [0.3, 0.4) is 0 Å². The van der Waals surface area contributed by atoms with Crippen LogP contribution in [0.2, 0.25) is 0 Å². The van der Waals surface area contributed by atoms with E-state index in [2.05, 4.69) is 32.3 Å². The molecule has 2 aromatic rings. The number of halogens is 1. The Morgan fingerprint density at radius 1 is 1.50 bits per heavy atom. The largest absolute Gasteiger partial charge is 0.464 e. The van der Waals surface area contributed by atoms with E-state index in [-0.39, 0.29) is 5.69 Å². The highest BCUT2D eigenvalue weighted by atomic mass is 127. The van der Waals surface area contributed by atoms with Crippen molar-refractivity contribution in [2.75, 3.05) is 12.8 Å². The number of nitrogen functional groups attached to an aromatic ring is 1. The van der Waals surface area contributed by atoms with E-state index in [1.165, 1.54) is 7.11 Å². The summed E-state index contributed by atoms with van der Waals surface area (Å²) in [6, 6.07) is 7.78. The number of carbonyl (C=O) groups is 1. The van der Waals surface area contributed by atoms with Crippen LogP contribution in [0.5, 0.6) is 0 Å². The van der Waals surface area contributed by atoms with Gasteiger partial charge in [-0.3, -0.25) is 4.57 Å². The average molecular weight is 357 g/mol. The molecule has 18 heavy (non-hydrogen) atoms. The van der Waals surface area contributed by atoms with Crippen molar-refractivity contribution in [2.45, 2.75) is 6.92 Å². The summed E-state index contributed by atoms with van der Waals surface area (Å²) in [6.45, 7) is 1.79. The zero-order valence-electron chi connectivity index (χ0n) is 9.98. The van der Waals surface area contributed by atoms with Crippen molar-refractivity contribution in [1.29, 1.82) is 0 Å². The van der Waals surface area contributed by atoms with Gasteiger partial charge in [-0.2, -0.15) is 0 Å². The molecule has 0 atom stereocenters. The van der Waals surface area contributed by atoms with Crippen LogP contribution in [0.1, 0.15) is 16.3 Å². The third-order valence-corrected chi connectivity index (χ3v) is 3.20. The van der Waals surface area contributed by atoms with Gasteiger partial charge in [-0.1, -0.05) is 6.07 Å². The molecule has 0 amide bonds. The predicted octanol–water partition coefficient (Wildman–Crippen LogP) is 2.15. The molecule has 1 aromatic heterocycles. The van der Waals surface area contributed by atoms with E-state index in [0.717, 1.165) is 9.26 Å². The molecule has 0 radical (unpaired) electrons. The molecular formula is C12H12IN3O2. The molecule has 0 spiro atoms. The number of anilines is 1. The van der Waals surface area contributed by atoms with E-state index in [1.807, 2.05) is 24.3 Å². The van der Waals surface area contributed by atoms with Crippen molar-refractivity contribution < 1.29 is 9.53 Å². The molecule has 2 rings (SSSR count). The van der Waals surface area contributed by atoms with Gasteiger partial charge < -0.3 is 10.5 Å².